The summed E-state index contributed by atoms with van der Waals surface area (Å²) in [5.41, 5.74) is 4.54. The summed E-state index contributed by atoms with van der Waals surface area (Å²) >= 11 is 0. The fourth-order valence-corrected chi connectivity index (χ4v) is 3.67. The molecule has 2 N–H and O–H groups in total. The van der Waals surface area contributed by atoms with E-state index >= 15 is 0 Å². The first-order valence-electron chi connectivity index (χ1n) is 10.2. The van der Waals surface area contributed by atoms with Gasteiger partial charge >= 0.3 is 6.01 Å². The lowest BCUT2D eigenvalue weighted by Crippen LogP contribution is -2.43. The highest BCUT2D eigenvalue weighted by atomic mass is 16.4. The molecule has 4 aromatic heterocycles. The smallest absolute Gasteiger partial charge is 0.318 e. The van der Waals surface area contributed by atoms with Crippen LogP contribution >= 0.6 is 0 Å². The maximum Gasteiger partial charge on any atom is 0.318 e. The largest absolute Gasteiger partial charge is 0.403 e. The SMILES string of the molecule is CCNc1cc(-c2ccc3cc(C#N)cnn23)ncc1-c1nnc(N2CCNCC2)o1. The van der Waals surface area contributed by atoms with Crippen molar-refractivity contribution in [2.75, 3.05) is 42.9 Å². The van der Waals surface area contributed by atoms with E-state index in [0.717, 1.165) is 60.9 Å². The van der Waals surface area contributed by atoms with Crippen LogP contribution in [-0.4, -0.2) is 57.5 Å². The Morgan fingerprint density at radius 3 is 2.87 bits per heavy atom. The number of anilines is 2. The molecule has 0 saturated carbocycles. The van der Waals surface area contributed by atoms with Gasteiger partial charge in [-0.05, 0) is 31.2 Å². The Hall–Kier alpha value is -3.97. The van der Waals surface area contributed by atoms with Crippen molar-refractivity contribution in [2.24, 2.45) is 0 Å². The van der Waals surface area contributed by atoms with Gasteiger partial charge < -0.3 is 20.0 Å². The van der Waals surface area contributed by atoms with Crippen LogP contribution in [0.2, 0.25) is 0 Å². The molecule has 5 heterocycles. The predicted octanol–water partition coefficient (Wildman–Crippen LogP) is 2.16. The number of hydrogen-bond acceptors (Lipinski definition) is 9. The van der Waals surface area contributed by atoms with Crippen molar-refractivity contribution >= 4 is 17.2 Å². The van der Waals surface area contributed by atoms with Gasteiger partial charge in [0.25, 0.3) is 5.89 Å². The molecular weight excluding hydrogens is 394 g/mol. The van der Waals surface area contributed by atoms with Gasteiger partial charge in [-0.1, -0.05) is 5.10 Å². The van der Waals surface area contributed by atoms with Crippen LogP contribution in [0.15, 0.2) is 41.1 Å². The van der Waals surface area contributed by atoms with Crippen LogP contribution in [0.3, 0.4) is 0 Å². The van der Waals surface area contributed by atoms with Crippen molar-refractivity contribution < 1.29 is 4.42 Å². The van der Waals surface area contributed by atoms with Gasteiger partial charge in [-0.2, -0.15) is 10.4 Å². The van der Waals surface area contributed by atoms with E-state index in [1.165, 1.54) is 0 Å². The first-order valence-corrected chi connectivity index (χ1v) is 10.2. The zero-order valence-electron chi connectivity index (χ0n) is 17.0. The monoisotopic (exact) mass is 415 g/mol. The van der Waals surface area contributed by atoms with E-state index in [1.807, 2.05) is 25.1 Å². The van der Waals surface area contributed by atoms with E-state index in [-0.39, 0.29) is 0 Å². The fourth-order valence-electron chi connectivity index (χ4n) is 3.67. The van der Waals surface area contributed by atoms with Crippen molar-refractivity contribution in [2.45, 2.75) is 6.92 Å². The quantitative estimate of drug-likeness (QED) is 0.505. The average Bonchev–Trinajstić information content (AvgIpc) is 3.47. The molecule has 0 unspecified atom stereocenters. The number of aromatic nitrogens is 5. The Morgan fingerprint density at radius 1 is 1.19 bits per heavy atom. The summed E-state index contributed by atoms with van der Waals surface area (Å²) in [4.78, 5) is 6.72. The number of fused-ring (bicyclic) bond motifs is 1. The van der Waals surface area contributed by atoms with Crippen molar-refractivity contribution in [3.05, 3.63) is 42.2 Å². The molecule has 1 fully saturated rings. The van der Waals surface area contributed by atoms with Crippen molar-refractivity contribution in [3.63, 3.8) is 0 Å². The Labute approximate surface area is 178 Å². The summed E-state index contributed by atoms with van der Waals surface area (Å²) in [6, 6.07) is 10.3. The lowest BCUT2D eigenvalue weighted by atomic mass is 10.1. The minimum Gasteiger partial charge on any atom is -0.403 e. The molecule has 0 amide bonds. The van der Waals surface area contributed by atoms with Crippen LogP contribution in [0.1, 0.15) is 12.5 Å². The molecule has 1 aliphatic heterocycles. The van der Waals surface area contributed by atoms with Gasteiger partial charge in [-0.25, -0.2) is 4.52 Å². The first kappa shape index (κ1) is 19.0. The predicted molar refractivity (Wildman–Crippen MR) is 116 cm³/mol. The Balaban J connectivity index is 1.51. The normalized spacial score (nSPS) is 14.0. The highest BCUT2D eigenvalue weighted by Crippen LogP contribution is 2.32. The Bertz CT molecular complexity index is 1260. The molecule has 0 bridgehead atoms. The molecule has 1 aliphatic rings. The summed E-state index contributed by atoms with van der Waals surface area (Å²) < 4.78 is 7.74. The third-order valence-electron chi connectivity index (χ3n) is 5.20. The number of piperazine rings is 1. The highest BCUT2D eigenvalue weighted by molar-refractivity contribution is 5.77. The maximum absolute atomic E-state index is 9.09. The van der Waals surface area contributed by atoms with Gasteiger partial charge in [0, 0.05) is 38.9 Å². The van der Waals surface area contributed by atoms with Crippen LogP contribution in [-0.2, 0) is 0 Å². The summed E-state index contributed by atoms with van der Waals surface area (Å²) in [6.45, 7) is 6.22. The second kappa shape index (κ2) is 8.04. The zero-order valence-corrected chi connectivity index (χ0v) is 17.0. The number of nitrogens with zero attached hydrogens (tertiary/aromatic N) is 7. The molecule has 4 aromatic rings. The number of rotatable bonds is 5. The van der Waals surface area contributed by atoms with E-state index in [9.17, 15) is 0 Å². The standard InChI is InChI=1S/C21H21N9O/c1-2-24-17-10-18(19-4-3-15-9-14(11-22)12-26-30(15)19)25-13-16(17)20-27-28-21(31-20)29-7-5-23-6-8-29/h3-4,9-10,12-13,23H,2,5-8H2,1H3,(H,24,25). The minimum absolute atomic E-state index is 0.431. The number of hydrogen-bond donors (Lipinski definition) is 2. The molecule has 0 spiro atoms. The molecule has 0 aromatic carbocycles. The number of pyridine rings is 1. The molecule has 156 valence electrons. The van der Waals surface area contributed by atoms with Gasteiger partial charge in [0.15, 0.2) is 0 Å². The maximum atomic E-state index is 9.09. The van der Waals surface area contributed by atoms with Gasteiger partial charge in [0.1, 0.15) is 6.07 Å². The van der Waals surface area contributed by atoms with E-state index < -0.39 is 0 Å². The lowest BCUT2D eigenvalue weighted by Gasteiger charge is -2.24. The second-order valence-corrected chi connectivity index (χ2v) is 7.18. The summed E-state index contributed by atoms with van der Waals surface area (Å²) in [7, 11) is 0. The van der Waals surface area contributed by atoms with Crippen LogP contribution in [0.25, 0.3) is 28.4 Å². The molecular formula is C21H21N9O. The van der Waals surface area contributed by atoms with Crippen LogP contribution in [0, 0.1) is 11.3 Å². The highest BCUT2D eigenvalue weighted by Gasteiger charge is 2.20. The van der Waals surface area contributed by atoms with Crippen LogP contribution in [0.5, 0.6) is 0 Å². The topological polar surface area (TPSA) is 120 Å². The van der Waals surface area contributed by atoms with Crippen molar-refractivity contribution in [1.29, 1.82) is 5.26 Å². The molecule has 0 atom stereocenters. The van der Waals surface area contributed by atoms with Crippen LogP contribution < -0.4 is 15.5 Å². The molecule has 0 aliphatic carbocycles. The third kappa shape index (κ3) is 3.55. The van der Waals surface area contributed by atoms with Crippen LogP contribution in [0.4, 0.5) is 11.7 Å². The van der Waals surface area contributed by atoms with Crippen molar-refractivity contribution in [3.8, 4) is 28.9 Å². The van der Waals surface area contributed by atoms with E-state index in [2.05, 4.69) is 41.9 Å². The van der Waals surface area contributed by atoms with E-state index in [4.69, 9.17) is 9.68 Å². The molecule has 5 rings (SSSR count). The fraction of sp³-hybridized carbons (Fsp3) is 0.286. The third-order valence-corrected chi connectivity index (χ3v) is 5.20. The zero-order chi connectivity index (χ0) is 21.2. The average molecular weight is 415 g/mol. The summed E-state index contributed by atoms with van der Waals surface area (Å²) in [6.07, 6.45) is 3.29. The minimum atomic E-state index is 0.431. The molecule has 1 saturated heterocycles. The molecule has 0 radical (unpaired) electrons. The molecule has 31 heavy (non-hydrogen) atoms. The Kier molecular flexibility index (Phi) is 4.93. The second-order valence-electron chi connectivity index (χ2n) is 7.18. The number of nitriles is 1. The van der Waals surface area contributed by atoms with Gasteiger partial charge in [0.05, 0.1) is 39.9 Å². The van der Waals surface area contributed by atoms with E-state index in [1.54, 1.807) is 23.0 Å². The Morgan fingerprint density at radius 2 is 2.06 bits per heavy atom. The van der Waals surface area contributed by atoms with Crippen molar-refractivity contribution in [1.82, 2.24) is 30.1 Å². The molecule has 10 heteroatoms. The molecule has 10 nitrogen and oxygen atoms in total. The van der Waals surface area contributed by atoms with Gasteiger partial charge in [0.2, 0.25) is 0 Å². The lowest BCUT2D eigenvalue weighted by molar-refractivity contribution is 0.505. The summed E-state index contributed by atoms with van der Waals surface area (Å²) in [5, 5.41) is 28.6. The van der Waals surface area contributed by atoms with E-state index in [0.29, 0.717) is 17.5 Å². The van der Waals surface area contributed by atoms with Gasteiger partial charge in [-0.3, -0.25) is 4.98 Å². The first-order chi connectivity index (χ1) is 15.3. The summed E-state index contributed by atoms with van der Waals surface area (Å²) in [5.74, 6) is 0.431. The number of nitrogens with one attached hydrogen (secondary N) is 2. The van der Waals surface area contributed by atoms with Gasteiger partial charge in [-0.15, -0.1) is 5.10 Å².